The number of carbonyl (C=O) groups is 2. The summed E-state index contributed by atoms with van der Waals surface area (Å²) in [7, 11) is 0. The Kier molecular flexibility index (Phi) is 7.96. The second-order valence-electron chi connectivity index (χ2n) is 4.15. The summed E-state index contributed by atoms with van der Waals surface area (Å²) >= 11 is 0. The van der Waals surface area contributed by atoms with Crippen LogP contribution in [0.2, 0.25) is 0 Å². The summed E-state index contributed by atoms with van der Waals surface area (Å²) in [6.07, 6.45) is 6.09. The zero-order valence-corrected chi connectivity index (χ0v) is 10.1. The van der Waals surface area contributed by atoms with E-state index in [4.69, 9.17) is 0 Å². The van der Waals surface area contributed by atoms with Gasteiger partial charge in [0.15, 0.2) is 0 Å². The van der Waals surface area contributed by atoms with Crippen molar-refractivity contribution in [3.63, 3.8) is 0 Å². The summed E-state index contributed by atoms with van der Waals surface area (Å²) in [4.78, 5) is 21.9. The van der Waals surface area contributed by atoms with Crippen LogP contribution >= 0.6 is 0 Å². The van der Waals surface area contributed by atoms with Crippen LogP contribution in [0.3, 0.4) is 0 Å². The number of hydrogen-bond acceptors (Lipinski definition) is 2. The predicted molar refractivity (Wildman–Crippen MR) is 61.7 cm³/mol. The Balaban J connectivity index is 3.79. The molecule has 0 aliphatic carbocycles. The number of amides is 1. The maximum absolute atomic E-state index is 11.0. The van der Waals surface area contributed by atoms with Crippen molar-refractivity contribution in [1.82, 2.24) is 5.32 Å². The first kappa shape index (κ1) is 14.1. The number of Topliss-reactive ketones (excluding diaryl/α,β-unsaturated/α-hetero) is 1. The summed E-state index contributed by atoms with van der Waals surface area (Å²) in [5.74, 6) is 0.0981. The lowest BCUT2D eigenvalue weighted by Crippen LogP contribution is -2.34. The molecule has 0 saturated heterocycles. The Morgan fingerprint density at radius 1 is 1.13 bits per heavy atom. The van der Waals surface area contributed by atoms with Crippen molar-refractivity contribution in [3.8, 4) is 0 Å². The molecule has 0 aromatic rings. The zero-order chi connectivity index (χ0) is 11.7. The lowest BCUT2D eigenvalue weighted by atomic mass is 10.0. The fourth-order valence-corrected chi connectivity index (χ4v) is 1.68. The highest BCUT2D eigenvalue weighted by molar-refractivity contribution is 5.78. The average molecular weight is 213 g/mol. The molecule has 0 aliphatic heterocycles. The van der Waals surface area contributed by atoms with E-state index in [2.05, 4.69) is 12.2 Å². The predicted octanol–water partition coefficient (Wildman–Crippen LogP) is 2.44. The van der Waals surface area contributed by atoms with Gasteiger partial charge < -0.3 is 5.32 Å². The van der Waals surface area contributed by atoms with Crippen molar-refractivity contribution < 1.29 is 9.59 Å². The van der Waals surface area contributed by atoms with Crippen LogP contribution in [0.4, 0.5) is 0 Å². The first-order valence-corrected chi connectivity index (χ1v) is 5.82. The van der Waals surface area contributed by atoms with Gasteiger partial charge in [-0.15, -0.1) is 0 Å². The lowest BCUT2D eigenvalue weighted by molar-refractivity contribution is -0.120. The van der Waals surface area contributed by atoms with E-state index in [-0.39, 0.29) is 17.7 Å². The Morgan fingerprint density at radius 3 is 2.27 bits per heavy atom. The maximum Gasteiger partial charge on any atom is 0.217 e. The van der Waals surface area contributed by atoms with Crippen molar-refractivity contribution in [1.29, 1.82) is 0 Å². The number of nitrogens with one attached hydrogen (secondary N) is 1. The van der Waals surface area contributed by atoms with E-state index in [0.717, 1.165) is 12.8 Å². The molecule has 1 amide bonds. The summed E-state index contributed by atoms with van der Waals surface area (Å²) < 4.78 is 0. The van der Waals surface area contributed by atoms with Crippen molar-refractivity contribution in [2.24, 2.45) is 0 Å². The lowest BCUT2D eigenvalue weighted by Gasteiger charge is -2.16. The van der Waals surface area contributed by atoms with E-state index in [1.54, 1.807) is 6.92 Å². The summed E-state index contributed by atoms with van der Waals surface area (Å²) in [5, 5.41) is 2.83. The van der Waals surface area contributed by atoms with Crippen LogP contribution in [-0.2, 0) is 9.59 Å². The Morgan fingerprint density at radius 2 is 1.80 bits per heavy atom. The van der Waals surface area contributed by atoms with Gasteiger partial charge >= 0.3 is 0 Å². The van der Waals surface area contributed by atoms with Crippen LogP contribution in [0.1, 0.15) is 59.3 Å². The van der Waals surface area contributed by atoms with Crippen LogP contribution in [0.25, 0.3) is 0 Å². The van der Waals surface area contributed by atoms with Gasteiger partial charge in [-0.2, -0.15) is 0 Å². The third kappa shape index (κ3) is 9.44. The van der Waals surface area contributed by atoms with E-state index in [9.17, 15) is 9.59 Å². The number of rotatable bonds is 8. The topological polar surface area (TPSA) is 46.2 Å². The molecule has 0 heterocycles. The van der Waals surface area contributed by atoms with Crippen molar-refractivity contribution in [2.75, 3.05) is 0 Å². The molecule has 0 aromatic heterocycles. The Labute approximate surface area is 92.6 Å². The van der Waals surface area contributed by atoms with Crippen molar-refractivity contribution >= 4 is 11.7 Å². The van der Waals surface area contributed by atoms with Crippen molar-refractivity contribution in [2.45, 2.75) is 65.3 Å². The minimum atomic E-state index is -0.0447. The molecule has 0 fully saturated rings. The molecule has 1 N–H and O–H groups in total. The van der Waals surface area contributed by atoms with Gasteiger partial charge in [-0.3, -0.25) is 9.59 Å². The summed E-state index contributed by atoms with van der Waals surface area (Å²) in [6.45, 7) is 5.24. The first-order valence-electron chi connectivity index (χ1n) is 5.82. The summed E-state index contributed by atoms with van der Waals surface area (Å²) in [5.41, 5.74) is 0. The molecular formula is C12H23NO2. The van der Waals surface area contributed by atoms with Gasteiger partial charge in [0.05, 0.1) is 0 Å². The van der Waals surface area contributed by atoms with E-state index in [0.29, 0.717) is 6.42 Å². The first-order chi connectivity index (χ1) is 7.06. The van der Waals surface area contributed by atoms with Gasteiger partial charge in [0.1, 0.15) is 5.78 Å². The highest BCUT2D eigenvalue weighted by Gasteiger charge is 2.11. The molecular weight excluding hydrogens is 190 g/mol. The van der Waals surface area contributed by atoms with Gasteiger partial charge in [-0.25, -0.2) is 0 Å². The van der Waals surface area contributed by atoms with E-state index < -0.39 is 0 Å². The van der Waals surface area contributed by atoms with Crippen LogP contribution in [0, 0.1) is 0 Å². The third-order valence-electron chi connectivity index (χ3n) is 2.35. The van der Waals surface area contributed by atoms with Gasteiger partial charge in [-0.05, 0) is 13.3 Å². The largest absolute Gasteiger partial charge is 0.353 e. The SMILES string of the molecule is CCCCCCC(CC(C)=O)NC(C)=O. The zero-order valence-electron chi connectivity index (χ0n) is 10.1. The standard InChI is InChI=1S/C12H23NO2/c1-4-5-6-7-8-12(9-10(2)14)13-11(3)15/h12H,4-9H2,1-3H3,(H,13,15). The molecule has 0 bridgehead atoms. The molecule has 0 saturated carbocycles. The fraction of sp³-hybridized carbons (Fsp3) is 0.833. The average Bonchev–Trinajstić information content (AvgIpc) is 2.10. The highest BCUT2D eigenvalue weighted by Crippen LogP contribution is 2.08. The van der Waals surface area contributed by atoms with E-state index in [1.807, 2.05) is 0 Å². The number of ketones is 1. The minimum absolute atomic E-state index is 0.0388. The quantitative estimate of drug-likeness (QED) is 0.629. The molecule has 0 aromatic carbocycles. The smallest absolute Gasteiger partial charge is 0.217 e. The number of hydrogen-bond donors (Lipinski definition) is 1. The molecule has 1 unspecified atom stereocenters. The monoisotopic (exact) mass is 213 g/mol. The molecule has 0 spiro atoms. The van der Waals surface area contributed by atoms with Crippen LogP contribution in [0.5, 0.6) is 0 Å². The normalized spacial score (nSPS) is 12.2. The van der Waals surface area contributed by atoms with Crippen LogP contribution in [0.15, 0.2) is 0 Å². The van der Waals surface area contributed by atoms with Crippen LogP contribution in [-0.4, -0.2) is 17.7 Å². The van der Waals surface area contributed by atoms with Gasteiger partial charge in [0, 0.05) is 19.4 Å². The maximum atomic E-state index is 11.0. The molecule has 0 aliphatic rings. The van der Waals surface area contributed by atoms with Gasteiger partial charge in [0.2, 0.25) is 5.91 Å². The van der Waals surface area contributed by atoms with E-state index in [1.165, 1.54) is 26.2 Å². The second-order valence-corrected chi connectivity index (χ2v) is 4.15. The van der Waals surface area contributed by atoms with Gasteiger partial charge in [0.25, 0.3) is 0 Å². The Hall–Kier alpha value is -0.860. The Bertz CT molecular complexity index is 186. The molecule has 3 nitrogen and oxygen atoms in total. The molecule has 0 rings (SSSR count). The molecule has 0 radical (unpaired) electrons. The highest BCUT2D eigenvalue weighted by atomic mass is 16.1. The molecule has 88 valence electrons. The summed E-state index contributed by atoms with van der Waals surface area (Å²) in [6, 6.07) is 0.0388. The van der Waals surface area contributed by atoms with Crippen LogP contribution < -0.4 is 5.32 Å². The number of carbonyl (C=O) groups excluding carboxylic acids is 2. The number of unbranched alkanes of at least 4 members (excludes halogenated alkanes) is 3. The third-order valence-corrected chi connectivity index (χ3v) is 2.35. The molecule has 3 heteroatoms. The van der Waals surface area contributed by atoms with E-state index >= 15 is 0 Å². The molecule has 15 heavy (non-hydrogen) atoms. The fourth-order valence-electron chi connectivity index (χ4n) is 1.68. The second kappa shape index (κ2) is 8.45. The van der Waals surface area contributed by atoms with Gasteiger partial charge in [-0.1, -0.05) is 32.6 Å². The van der Waals surface area contributed by atoms with Crippen molar-refractivity contribution in [3.05, 3.63) is 0 Å². The minimum Gasteiger partial charge on any atom is -0.353 e. The molecule has 1 atom stereocenters.